The Bertz CT molecular complexity index is 1830. The zero-order chi connectivity index (χ0) is 29.9. The van der Waals surface area contributed by atoms with E-state index in [4.69, 9.17) is 4.74 Å². The van der Waals surface area contributed by atoms with E-state index in [1.807, 2.05) is 48.5 Å². The summed E-state index contributed by atoms with van der Waals surface area (Å²) in [4.78, 5) is 57.6. The summed E-state index contributed by atoms with van der Waals surface area (Å²) in [5.41, 5.74) is 4.99. The van der Waals surface area contributed by atoms with Gasteiger partial charge in [0.25, 0.3) is 11.6 Å². The minimum absolute atomic E-state index is 0.0309. The van der Waals surface area contributed by atoms with Gasteiger partial charge in [-0.1, -0.05) is 48.5 Å². The summed E-state index contributed by atoms with van der Waals surface area (Å²) in [6.07, 6.45) is 4.54. The quantitative estimate of drug-likeness (QED) is 0.159. The molecule has 212 valence electrons. The molecule has 3 aliphatic carbocycles. The van der Waals surface area contributed by atoms with E-state index in [0.717, 1.165) is 27.2 Å². The lowest BCUT2D eigenvalue weighted by Gasteiger charge is -2.52. The van der Waals surface area contributed by atoms with Crippen LogP contribution in [0.5, 0.6) is 5.75 Å². The highest BCUT2D eigenvalue weighted by Gasteiger charge is 2.68. The van der Waals surface area contributed by atoms with Gasteiger partial charge in [-0.05, 0) is 40.5 Å². The zero-order valence-electron chi connectivity index (χ0n) is 22.7. The summed E-state index contributed by atoms with van der Waals surface area (Å²) < 4.78 is 5.42. The predicted molar refractivity (Wildman–Crippen MR) is 155 cm³/mol. The highest BCUT2D eigenvalue weighted by atomic mass is 16.6. The number of hydrogen-bond donors (Lipinski definition) is 1. The Morgan fingerprint density at radius 2 is 1.72 bits per heavy atom. The fourth-order valence-electron chi connectivity index (χ4n) is 7.01. The Hall–Kier alpha value is -5.71. The van der Waals surface area contributed by atoms with Crippen LogP contribution in [0.4, 0.5) is 11.4 Å². The summed E-state index contributed by atoms with van der Waals surface area (Å²) in [6, 6.07) is 22.3. The van der Waals surface area contributed by atoms with Crippen molar-refractivity contribution < 1.29 is 24.0 Å². The maximum atomic E-state index is 14.5. The van der Waals surface area contributed by atoms with Gasteiger partial charge in [0.1, 0.15) is 5.75 Å². The standard InChI is InChI=1S/C32H23N5O6/c1-43-25-15-19(37(41)42)12-13-24(25)36-30(39)27-26-20-8-2-4-10-22(20)32(28(27)31(36)40,23-11-5-3-9-21(23)26)17-34-35-29(38)18-7-6-14-33-16-18/h2-17,26-28H,1H3,(H,35,38)/b34-17-/t26?,27-,28-,32?/m1/s1. The van der Waals surface area contributed by atoms with E-state index in [1.54, 1.807) is 24.5 Å². The number of nitrogens with one attached hydrogen (secondary N) is 1. The number of benzene rings is 3. The molecule has 3 amide bonds. The molecule has 0 spiro atoms. The van der Waals surface area contributed by atoms with Crippen LogP contribution in [0.1, 0.15) is 38.5 Å². The van der Waals surface area contributed by atoms with Crippen molar-refractivity contribution >= 4 is 35.3 Å². The Morgan fingerprint density at radius 3 is 2.35 bits per heavy atom. The Balaban J connectivity index is 1.41. The van der Waals surface area contributed by atoms with Crippen molar-refractivity contribution in [3.63, 3.8) is 0 Å². The van der Waals surface area contributed by atoms with Crippen LogP contribution in [0.3, 0.4) is 0 Å². The third-order valence-corrected chi connectivity index (χ3v) is 8.66. The van der Waals surface area contributed by atoms with E-state index in [1.165, 1.54) is 31.5 Å². The average molecular weight is 574 g/mol. The number of non-ortho nitro benzene ring substituents is 1. The first-order valence-corrected chi connectivity index (χ1v) is 13.5. The molecule has 0 unspecified atom stereocenters. The number of hydrogen-bond acceptors (Lipinski definition) is 8. The van der Waals surface area contributed by atoms with Gasteiger partial charge in [-0.3, -0.25) is 29.5 Å². The number of hydrazone groups is 1. The molecule has 3 aromatic carbocycles. The molecule has 2 atom stereocenters. The van der Waals surface area contributed by atoms with Gasteiger partial charge in [-0.2, -0.15) is 5.10 Å². The molecule has 2 bridgehead atoms. The third-order valence-electron chi connectivity index (χ3n) is 8.66. The number of ether oxygens (including phenoxy) is 1. The number of pyridine rings is 1. The van der Waals surface area contributed by atoms with Crippen LogP contribution in [0, 0.1) is 22.0 Å². The van der Waals surface area contributed by atoms with Crippen molar-refractivity contribution in [2.75, 3.05) is 12.0 Å². The first-order chi connectivity index (χ1) is 20.9. The highest BCUT2D eigenvalue weighted by Crippen LogP contribution is 2.64. The highest BCUT2D eigenvalue weighted by molar-refractivity contribution is 6.25. The summed E-state index contributed by atoms with van der Waals surface area (Å²) in [6.45, 7) is 0. The van der Waals surface area contributed by atoms with Crippen molar-refractivity contribution in [1.82, 2.24) is 10.4 Å². The number of amides is 3. The molecule has 8 rings (SSSR count). The number of imide groups is 1. The smallest absolute Gasteiger partial charge is 0.273 e. The lowest BCUT2D eigenvalue weighted by atomic mass is 9.47. The number of nitro groups is 1. The van der Waals surface area contributed by atoms with Gasteiger partial charge in [0.05, 0.1) is 46.6 Å². The van der Waals surface area contributed by atoms with E-state index in [0.29, 0.717) is 5.56 Å². The first-order valence-electron chi connectivity index (χ1n) is 13.5. The van der Waals surface area contributed by atoms with Crippen LogP contribution < -0.4 is 15.1 Å². The molecule has 0 saturated carbocycles. The number of nitrogens with zero attached hydrogens (tertiary/aromatic N) is 4. The Kier molecular flexibility index (Phi) is 5.91. The summed E-state index contributed by atoms with van der Waals surface area (Å²) in [5, 5.41) is 15.8. The second-order valence-electron chi connectivity index (χ2n) is 10.6. The normalized spacial score (nSPS) is 23.1. The second-order valence-corrected chi connectivity index (χ2v) is 10.6. The minimum atomic E-state index is -1.20. The molecule has 11 nitrogen and oxygen atoms in total. The summed E-state index contributed by atoms with van der Waals surface area (Å²) in [5.74, 6) is -3.48. The van der Waals surface area contributed by atoms with Crippen LogP contribution in [0.25, 0.3) is 0 Å². The summed E-state index contributed by atoms with van der Waals surface area (Å²) >= 11 is 0. The van der Waals surface area contributed by atoms with Crippen LogP contribution in [0.2, 0.25) is 0 Å². The Morgan fingerprint density at radius 1 is 1.02 bits per heavy atom. The number of aromatic nitrogens is 1. The lowest BCUT2D eigenvalue weighted by Crippen LogP contribution is -2.54. The molecule has 4 aliphatic rings. The fraction of sp³-hybridized carbons (Fsp3) is 0.156. The number of rotatable bonds is 6. The number of nitro benzene ring substituents is 1. The molecule has 1 N–H and O–H groups in total. The minimum Gasteiger partial charge on any atom is -0.494 e. The second kappa shape index (κ2) is 9.69. The van der Waals surface area contributed by atoms with Crippen molar-refractivity contribution in [2.45, 2.75) is 11.3 Å². The van der Waals surface area contributed by atoms with Gasteiger partial charge in [0.15, 0.2) is 0 Å². The molecule has 1 aliphatic heterocycles. The Labute approximate surface area is 245 Å². The van der Waals surface area contributed by atoms with Crippen molar-refractivity contribution in [3.05, 3.63) is 129 Å². The molecule has 43 heavy (non-hydrogen) atoms. The van der Waals surface area contributed by atoms with E-state index >= 15 is 0 Å². The first kappa shape index (κ1) is 26.2. The summed E-state index contributed by atoms with van der Waals surface area (Å²) in [7, 11) is 1.33. The molecule has 1 saturated heterocycles. The number of anilines is 1. The van der Waals surface area contributed by atoms with E-state index in [9.17, 15) is 24.5 Å². The van der Waals surface area contributed by atoms with Gasteiger partial charge in [-0.15, -0.1) is 0 Å². The molecule has 1 aromatic heterocycles. The van der Waals surface area contributed by atoms with E-state index in [2.05, 4.69) is 15.5 Å². The number of carbonyl (C=O) groups is 3. The van der Waals surface area contributed by atoms with Gasteiger partial charge < -0.3 is 4.74 Å². The van der Waals surface area contributed by atoms with Crippen LogP contribution in [-0.2, 0) is 15.0 Å². The van der Waals surface area contributed by atoms with Crippen LogP contribution in [0.15, 0.2) is 96.4 Å². The number of methoxy groups -OCH3 is 1. The molecule has 4 aromatic rings. The van der Waals surface area contributed by atoms with Crippen molar-refractivity contribution in [1.29, 1.82) is 0 Å². The predicted octanol–water partition coefficient (Wildman–Crippen LogP) is 3.97. The monoisotopic (exact) mass is 573 g/mol. The molecular weight excluding hydrogens is 550 g/mol. The van der Waals surface area contributed by atoms with Gasteiger partial charge in [-0.25, -0.2) is 10.3 Å². The zero-order valence-corrected chi connectivity index (χ0v) is 22.7. The number of carbonyl (C=O) groups excluding carboxylic acids is 3. The van der Waals surface area contributed by atoms with E-state index < -0.39 is 45.8 Å². The maximum Gasteiger partial charge on any atom is 0.273 e. The fourth-order valence-corrected chi connectivity index (χ4v) is 7.01. The molecule has 1 fully saturated rings. The van der Waals surface area contributed by atoms with Crippen LogP contribution in [-0.4, -0.2) is 41.0 Å². The maximum absolute atomic E-state index is 14.5. The van der Waals surface area contributed by atoms with Crippen molar-refractivity contribution in [3.8, 4) is 5.75 Å². The lowest BCUT2D eigenvalue weighted by molar-refractivity contribution is -0.384. The topological polar surface area (TPSA) is 144 Å². The SMILES string of the molecule is COc1cc([N+](=O)[O-])ccc1N1C(=O)[C@@H]2C3c4ccccc4C(/C=N\NC(=O)c4cccnc4)(c4ccccc43)[C@H]2C1=O. The van der Waals surface area contributed by atoms with Gasteiger partial charge in [0.2, 0.25) is 11.8 Å². The van der Waals surface area contributed by atoms with Gasteiger partial charge in [0, 0.05) is 30.6 Å². The van der Waals surface area contributed by atoms with Crippen molar-refractivity contribution in [2.24, 2.45) is 16.9 Å². The van der Waals surface area contributed by atoms with Gasteiger partial charge >= 0.3 is 0 Å². The molecule has 0 radical (unpaired) electrons. The van der Waals surface area contributed by atoms with E-state index in [-0.39, 0.29) is 17.1 Å². The molecule has 2 heterocycles. The average Bonchev–Trinajstić information content (AvgIpc) is 3.31. The largest absolute Gasteiger partial charge is 0.494 e. The molecule has 11 heteroatoms. The molecular formula is C32H23N5O6. The third kappa shape index (κ3) is 3.64. The van der Waals surface area contributed by atoms with Crippen LogP contribution >= 0.6 is 0 Å².